The molecule has 2 rings (SSSR count). The van der Waals surface area contributed by atoms with Crippen LogP contribution in [0.25, 0.3) is 0 Å². The fourth-order valence-electron chi connectivity index (χ4n) is 2.70. The van der Waals surface area contributed by atoms with E-state index in [0.29, 0.717) is 17.8 Å². The molecule has 1 atom stereocenters. The lowest BCUT2D eigenvalue weighted by Gasteiger charge is -2.25. The minimum atomic E-state index is -0.338. The smallest absolute Gasteiger partial charge is 0.251 e. The second kappa shape index (κ2) is 6.26. The first-order chi connectivity index (χ1) is 10.0. The third kappa shape index (κ3) is 3.08. The summed E-state index contributed by atoms with van der Waals surface area (Å²) in [5, 5.41) is 8.86. The number of amides is 2. The van der Waals surface area contributed by atoms with Crippen molar-refractivity contribution in [2.75, 3.05) is 25.5 Å². The molecule has 1 aliphatic rings. The molecular formula is C16H23N3O2. The quantitative estimate of drug-likeness (QED) is 0.790. The SMILES string of the molecule is CCC1(C(=O)Nc2cc(C(=O)NC)ccc2C)CCNC1. The second-order valence-electron chi connectivity index (χ2n) is 5.62. The minimum Gasteiger partial charge on any atom is -0.355 e. The zero-order chi connectivity index (χ0) is 15.5. The molecule has 21 heavy (non-hydrogen) atoms. The Kier molecular flexibility index (Phi) is 4.63. The Hall–Kier alpha value is -1.88. The van der Waals surface area contributed by atoms with Gasteiger partial charge < -0.3 is 16.0 Å². The van der Waals surface area contributed by atoms with E-state index in [1.54, 1.807) is 19.2 Å². The molecule has 1 fully saturated rings. The fourth-order valence-corrected chi connectivity index (χ4v) is 2.70. The summed E-state index contributed by atoms with van der Waals surface area (Å²) in [5.41, 5.74) is 1.87. The summed E-state index contributed by atoms with van der Waals surface area (Å²) in [5.74, 6) is -0.120. The van der Waals surface area contributed by atoms with Crippen LogP contribution in [0.15, 0.2) is 18.2 Å². The molecule has 0 radical (unpaired) electrons. The van der Waals surface area contributed by atoms with Crippen molar-refractivity contribution in [3.05, 3.63) is 29.3 Å². The molecule has 2 amide bonds. The van der Waals surface area contributed by atoms with Gasteiger partial charge in [-0.15, -0.1) is 0 Å². The highest BCUT2D eigenvalue weighted by molar-refractivity contribution is 5.99. The Bertz CT molecular complexity index is 548. The van der Waals surface area contributed by atoms with Crippen molar-refractivity contribution in [2.45, 2.75) is 26.7 Å². The van der Waals surface area contributed by atoms with Gasteiger partial charge in [0.1, 0.15) is 0 Å². The van der Waals surface area contributed by atoms with E-state index in [4.69, 9.17) is 0 Å². The van der Waals surface area contributed by atoms with E-state index in [1.807, 2.05) is 19.9 Å². The summed E-state index contributed by atoms with van der Waals surface area (Å²) in [6.45, 7) is 5.55. The minimum absolute atomic E-state index is 0.0344. The van der Waals surface area contributed by atoms with Gasteiger partial charge in [0.25, 0.3) is 5.91 Å². The molecular weight excluding hydrogens is 266 g/mol. The molecule has 0 bridgehead atoms. The molecule has 0 saturated carbocycles. The highest BCUT2D eigenvalue weighted by Gasteiger charge is 2.39. The first kappa shape index (κ1) is 15.5. The number of aryl methyl sites for hydroxylation is 1. The molecule has 0 spiro atoms. The second-order valence-corrected chi connectivity index (χ2v) is 5.62. The van der Waals surface area contributed by atoms with Crippen LogP contribution in [0.5, 0.6) is 0 Å². The van der Waals surface area contributed by atoms with Crippen LogP contribution in [0.1, 0.15) is 35.7 Å². The van der Waals surface area contributed by atoms with Crippen molar-refractivity contribution in [3.8, 4) is 0 Å². The number of hydrogen-bond donors (Lipinski definition) is 3. The van der Waals surface area contributed by atoms with Gasteiger partial charge in [-0.1, -0.05) is 13.0 Å². The molecule has 3 N–H and O–H groups in total. The largest absolute Gasteiger partial charge is 0.355 e. The van der Waals surface area contributed by atoms with Gasteiger partial charge in [0.05, 0.1) is 5.41 Å². The van der Waals surface area contributed by atoms with E-state index in [2.05, 4.69) is 16.0 Å². The summed E-state index contributed by atoms with van der Waals surface area (Å²) < 4.78 is 0. The zero-order valence-corrected chi connectivity index (χ0v) is 12.9. The summed E-state index contributed by atoms with van der Waals surface area (Å²) in [7, 11) is 1.59. The first-order valence-corrected chi connectivity index (χ1v) is 7.37. The van der Waals surface area contributed by atoms with Crippen molar-refractivity contribution in [3.63, 3.8) is 0 Å². The van der Waals surface area contributed by atoms with Crippen LogP contribution >= 0.6 is 0 Å². The number of anilines is 1. The number of benzene rings is 1. The zero-order valence-electron chi connectivity index (χ0n) is 12.9. The Morgan fingerprint density at radius 2 is 2.14 bits per heavy atom. The average molecular weight is 289 g/mol. The Balaban J connectivity index is 2.22. The molecule has 5 nitrogen and oxygen atoms in total. The number of rotatable bonds is 4. The van der Waals surface area contributed by atoms with Crippen LogP contribution in [-0.2, 0) is 4.79 Å². The summed E-state index contributed by atoms with van der Waals surface area (Å²) in [4.78, 5) is 24.3. The van der Waals surface area contributed by atoms with Crippen LogP contribution in [-0.4, -0.2) is 32.0 Å². The molecule has 1 aromatic carbocycles. The summed E-state index contributed by atoms with van der Waals surface area (Å²) in [6, 6.07) is 5.35. The Labute approximate surface area is 125 Å². The van der Waals surface area contributed by atoms with Gasteiger partial charge in [-0.3, -0.25) is 9.59 Å². The van der Waals surface area contributed by atoms with E-state index in [0.717, 1.165) is 24.9 Å². The third-order valence-electron chi connectivity index (χ3n) is 4.38. The van der Waals surface area contributed by atoms with E-state index in [-0.39, 0.29) is 17.2 Å². The first-order valence-electron chi connectivity index (χ1n) is 7.37. The maximum Gasteiger partial charge on any atom is 0.251 e. The van der Waals surface area contributed by atoms with E-state index >= 15 is 0 Å². The van der Waals surface area contributed by atoms with Crippen LogP contribution < -0.4 is 16.0 Å². The number of carbonyl (C=O) groups is 2. The van der Waals surface area contributed by atoms with Crippen LogP contribution in [0.2, 0.25) is 0 Å². The van der Waals surface area contributed by atoms with E-state index < -0.39 is 0 Å². The molecule has 0 aromatic heterocycles. The molecule has 114 valence electrons. The van der Waals surface area contributed by atoms with Gasteiger partial charge in [0.15, 0.2) is 0 Å². The molecule has 1 aromatic rings. The average Bonchev–Trinajstić information content (AvgIpc) is 2.98. The van der Waals surface area contributed by atoms with Gasteiger partial charge in [0, 0.05) is 24.8 Å². The molecule has 1 aliphatic heterocycles. The van der Waals surface area contributed by atoms with Crippen molar-refractivity contribution in [1.82, 2.24) is 10.6 Å². The van der Waals surface area contributed by atoms with Gasteiger partial charge in [-0.05, 0) is 44.0 Å². The lowest BCUT2D eigenvalue weighted by Crippen LogP contribution is -2.37. The normalized spacial score (nSPS) is 21.1. The van der Waals surface area contributed by atoms with Gasteiger partial charge in [-0.25, -0.2) is 0 Å². The highest BCUT2D eigenvalue weighted by Crippen LogP contribution is 2.31. The van der Waals surface area contributed by atoms with Crippen LogP contribution in [0.4, 0.5) is 5.69 Å². The van der Waals surface area contributed by atoms with Crippen LogP contribution in [0, 0.1) is 12.3 Å². The van der Waals surface area contributed by atoms with Gasteiger partial charge >= 0.3 is 0 Å². The molecule has 1 saturated heterocycles. The lowest BCUT2D eigenvalue weighted by molar-refractivity contribution is -0.124. The van der Waals surface area contributed by atoms with Crippen molar-refractivity contribution in [1.29, 1.82) is 0 Å². The topological polar surface area (TPSA) is 70.2 Å². The summed E-state index contributed by atoms with van der Waals surface area (Å²) >= 11 is 0. The molecule has 0 aliphatic carbocycles. The highest BCUT2D eigenvalue weighted by atomic mass is 16.2. The maximum atomic E-state index is 12.6. The Morgan fingerprint density at radius 1 is 1.38 bits per heavy atom. The predicted molar refractivity (Wildman–Crippen MR) is 83.4 cm³/mol. The van der Waals surface area contributed by atoms with Crippen molar-refractivity contribution < 1.29 is 9.59 Å². The molecule has 1 heterocycles. The third-order valence-corrected chi connectivity index (χ3v) is 4.38. The van der Waals surface area contributed by atoms with Crippen LogP contribution in [0.3, 0.4) is 0 Å². The van der Waals surface area contributed by atoms with Gasteiger partial charge in [0.2, 0.25) is 5.91 Å². The fraction of sp³-hybridized carbons (Fsp3) is 0.500. The van der Waals surface area contributed by atoms with Crippen molar-refractivity contribution >= 4 is 17.5 Å². The Morgan fingerprint density at radius 3 is 2.71 bits per heavy atom. The number of carbonyl (C=O) groups excluding carboxylic acids is 2. The lowest BCUT2D eigenvalue weighted by atomic mass is 9.83. The number of hydrogen-bond acceptors (Lipinski definition) is 3. The molecule has 1 unspecified atom stereocenters. The van der Waals surface area contributed by atoms with E-state index in [1.165, 1.54) is 0 Å². The van der Waals surface area contributed by atoms with Gasteiger partial charge in [-0.2, -0.15) is 0 Å². The molecule has 5 heteroatoms. The van der Waals surface area contributed by atoms with E-state index in [9.17, 15) is 9.59 Å². The summed E-state index contributed by atoms with van der Waals surface area (Å²) in [6.07, 6.45) is 1.66. The predicted octanol–water partition coefficient (Wildman–Crippen LogP) is 1.68. The standard InChI is InChI=1S/C16H23N3O2/c1-4-16(7-8-18-10-16)15(21)19-13-9-12(14(20)17-3)6-5-11(13)2/h5-6,9,18H,4,7-8,10H2,1-3H3,(H,17,20)(H,19,21). The monoisotopic (exact) mass is 289 g/mol. The van der Waals surface area contributed by atoms with Crippen molar-refractivity contribution in [2.24, 2.45) is 5.41 Å². The number of nitrogens with one attached hydrogen (secondary N) is 3. The maximum absolute atomic E-state index is 12.6.